The molecule has 0 spiro atoms. The van der Waals surface area contributed by atoms with Crippen molar-refractivity contribution in [1.29, 1.82) is 0 Å². The Bertz CT molecular complexity index is 765. The molecule has 1 aromatic carbocycles. The van der Waals surface area contributed by atoms with Gasteiger partial charge in [0.25, 0.3) is 5.91 Å². The Morgan fingerprint density at radius 1 is 1.19 bits per heavy atom. The van der Waals surface area contributed by atoms with Crippen LogP contribution in [0.25, 0.3) is 0 Å². The van der Waals surface area contributed by atoms with Crippen LogP contribution in [0.5, 0.6) is 11.5 Å². The number of aromatic carboxylic acids is 1. The van der Waals surface area contributed by atoms with Crippen LogP contribution in [0.2, 0.25) is 0 Å². The van der Waals surface area contributed by atoms with E-state index in [9.17, 15) is 9.59 Å². The van der Waals surface area contributed by atoms with Crippen molar-refractivity contribution < 1.29 is 28.6 Å². The van der Waals surface area contributed by atoms with E-state index in [1.54, 1.807) is 18.2 Å². The van der Waals surface area contributed by atoms with Crippen LogP contribution in [-0.4, -0.2) is 30.7 Å². The lowest BCUT2D eigenvalue weighted by molar-refractivity contribution is 0.0660. The number of furan rings is 1. The highest BCUT2D eigenvalue weighted by atomic mass is 16.5. The van der Waals surface area contributed by atoms with Crippen LogP contribution in [-0.2, 0) is 6.54 Å². The first-order chi connectivity index (χ1) is 12.4. The van der Waals surface area contributed by atoms with Gasteiger partial charge >= 0.3 is 5.97 Å². The van der Waals surface area contributed by atoms with Crippen molar-refractivity contribution in [2.24, 2.45) is 5.92 Å². The summed E-state index contributed by atoms with van der Waals surface area (Å²) in [6, 6.07) is 7.80. The van der Waals surface area contributed by atoms with E-state index in [2.05, 4.69) is 19.2 Å². The highest BCUT2D eigenvalue weighted by molar-refractivity contribution is 5.94. The highest BCUT2D eigenvalue weighted by Crippen LogP contribution is 2.28. The third-order valence-corrected chi connectivity index (χ3v) is 3.67. The quantitative estimate of drug-likeness (QED) is 0.711. The highest BCUT2D eigenvalue weighted by Gasteiger charge is 2.13. The smallest absolute Gasteiger partial charge is 0.371 e. The van der Waals surface area contributed by atoms with Crippen LogP contribution >= 0.6 is 0 Å². The Morgan fingerprint density at radius 3 is 2.58 bits per heavy atom. The van der Waals surface area contributed by atoms with Gasteiger partial charge in [-0.1, -0.05) is 13.8 Å². The van der Waals surface area contributed by atoms with Crippen LogP contribution in [0.1, 0.15) is 46.9 Å². The van der Waals surface area contributed by atoms with E-state index >= 15 is 0 Å². The molecule has 2 N–H and O–H groups in total. The Labute approximate surface area is 151 Å². The fourth-order valence-electron chi connectivity index (χ4n) is 2.19. The summed E-state index contributed by atoms with van der Waals surface area (Å²) in [7, 11) is 1.52. The van der Waals surface area contributed by atoms with Crippen molar-refractivity contribution in [2.45, 2.75) is 26.8 Å². The van der Waals surface area contributed by atoms with Crippen LogP contribution < -0.4 is 14.8 Å². The van der Waals surface area contributed by atoms with Crippen molar-refractivity contribution in [3.8, 4) is 11.5 Å². The maximum Gasteiger partial charge on any atom is 0.371 e. The zero-order chi connectivity index (χ0) is 19.1. The Hall–Kier alpha value is -2.96. The molecule has 0 fully saturated rings. The molecule has 0 saturated heterocycles. The number of carboxylic acid groups (broad SMARTS) is 1. The number of benzene rings is 1. The topological polar surface area (TPSA) is 98.0 Å². The standard InChI is InChI=1S/C19H23NO6/c1-12(2)8-9-25-15-6-4-13(10-17(15)24-3)18(21)20-11-14-5-7-16(26-14)19(22)23/h4-7,10,12H,8-9,11H2,1-3H3,(H,20,21)(H,22,23). The van der Waals surface area contributed by atoms with Gasteiger partial charge in [0.15, 0.2) is 11.5 Å². The van der Waals surface area contributed by atoms with Gasteiger partial charge in [0, 0.05) is 5.56 Å². The molecule has 0 aliphatic carbocycles. The summed E-state index contributed by atoms with van der Waals surface area (Å²) in [6.45, 7) is 4.89. The summed E-state index contributed by atoms with van der Waals surface area (Å²) in [5.41, 5.74) is 0.406. The third kappa shape index (κ3) is 5.27. The molecule has 0 unspecified atom stereocenters. The van der Waals surface area contributed by atoms with E-state index < -0.39 is 5.97 Å². The summed E-state index contributed by atoms with van der Waals surface area (Å²) < 4.78 is 16.1. The molecule has 0 bridgehead atoms. The van der Waals surface area contributed by atoms with Crippen molar-refractivity contribution in [1.82, 2.24) is 5.32 Å². The zero-order valence-electron chi connectivity index (χ0n) is 15.1. The van der Waals surface area contributed by atoms with Gasteiger partial charge in [0.1, 0.15) is 5.76 Å². The van der Waals surface area contributed by atoms with Crippen molar-refractivity contribution in [3.05, 3.63) is 47.4 Å². The number of ether oxygens (including phenoxy) is 2. The number of methoxy groups -OCH3 is 1. The molecule has 1 aromatic heterocycles. The summed E-state index contributed by atoms with van der Waals surface area (Å²) in [5.74, 6) is 0.310. The van der Waals surface area contributed by atoms with Crippen LogP contribution in [0, 0.1) is 5.92 Å². The number of nitrogens with one attached hydrogen (secondary N) is 1. The second kappa shape index (κ2) is 8.94. The fraction of sp³-hybridized carbons (Fsp3) is 0.368. The SMILES string of the molecule is COc1cc(C(=O)NCc2ccc(C(=O)O)o2)ccc1OCCC(C)C. The molecule has 0 saturated carbocycles. The van der Waals surface area contributed by atoms with E-state index in [1.165, 1.54) is 19.2 Å². The molecule has 7 nitrogen and oxygen atoms in total. The Morgan fingerprint density at radius 2 is 1.96 bits per heavy atom. The summed E-state index contributed by atoms with van der Waals surface area (Å²) in [5, 5.41) is 11.5. The first-order valence-electron chi connectivity index (χ1n) is 8.31. The number of amides is 1. The Balaban J connectivity index is 1.98. The lowest BCUT2D eigenvalue weighted by Crippen LogP contribution is -2.22. The van der Waals surface area contributed by atoms with Crippen molar-refractivity contribution >= 4 is 11.9 Å². The molecule has 2 rings (SSSR count). The third-order valence-electron chi connectivity index (χ3n) is 3.67. The van der Waals surface area contributed by atoms with Gasteiger partial charge in [0.05, 0.1) is 20.3 Å². The van der Waals surface area contributed by atoms with Gasteiger partial charge in [-0.3, -0.25) is 4.79 Å². The van der Waals surface area contributed by atoms with E-state index in [1.807, 2.05) is 0 Å². The first kappa shape index (κ1) is 19.4. The maximum absolute atomic E-state index is 12.3. The van der Waals surface area contributed by atoms with Gasteiger partial charge in [0.2, 0.25) is 5.76 Å². The zero-order valence-corrected chi connectivity index (χ0v) is 15.1. The number of carbonyl (C=O) groups excluding carboxylic acids is 1. The Kier molecular flexibility index (Phi) is 6.66. The molecule has 0 aliphatic heterocycles. The number of hydrogen-bond donors (Lipinski definition) is 2. The molecule has 2 aromatic rings. The lowest BCUT2D eigenvalue weighted by atomic mass is 10.1. The minimum absolute atomic E-state index is 0.0844. The predicted molar refractivity (Wildman–Crippen MR) is 94.8 cm³/mol. The van der Waals surface area contributed by atoms with Gasteiger partial charge in [-0.15, -0.1) is 0 Å². The largest absolute Gasteiger partial charge is 0.493 e. The number of rotatable bonds is 9. The fourth-order valence-corrected chi connectivity index (χ4v) is 2.19. The molecule has 7 heteroatoms. The normalized spacial score (nSPS) is 10.6. The van der Waals surface area contributed by atoms with Crippen molar-refractivity contribution in [3.63, 3.8) is 0 Å². The average molecular weight is 361 g/mol. The number of carbonyl (C=O) groups is 2. The minimum atomic E-state index is -1.15. The van der Waals surface area contributed by atoms with Gasteiger partial charge in [-0.2, -0.15) is 0 Å². The molecule has 140 valence electrons. The van der Waals surface area contributed by atoms with E-state index in [-0.39, 0.29) is 18.2 Å². The van der Waals surface area contributed by atoms with Gasteiger partial charge in [-0.05, 0) is 42.7 Å². The van der Waals surface area contributed by atoms with E-state index in [0.29, 0.717) is 35.3 Å². The van der Waals surface area contributed by atoms with Gasteiger partial charge < -0.3 is 24.3 Å². The predicted octanol–water partition coefficient (Wildman–Crippen LogP) is 3.34. The van der Waals surface area contributed by atoms with Crippen LogP contribution in [0.15, 0.2) is 34.7 Å². The summed E-state index contributed by atoms with van der Waals surface area (Å²) >= 11 is 0. The summed E-state index contributed by atoms with van der Waals surface area (Å²) in [6.07, 6.45) is 0.923. The molecule has 0 radical (unpaired) electrons. The number of hydrogen-bond acceptors (Lipinski definition) is 5. The maximum atomic E-state index is 12.3. The molecule has 1 amide bonds. The second-order valence-corrected chi connectivity index (χ2v) is 6.15. The average Bonchev–Trinajstić information content (AvgIpc) is 3.09. The molecular weight excluding hydrogens is 338 g/mol. The molecule has 0 aliphatic rings. The van der Waals surface area contributed by atoms with Crippen LogP contribution in [0.3, 0.4) is 0 Å². The second-order valence-electron chi connectivity index (χ2n) is 6.15. The van der Waals surface area contributed by atoms with E-state index in [4.69, 9.17) is 19.0 Å². The molecule has 0 atom stereocenters. The van der Waals surface area contributed by atoms with E-state index in [0.717, 1.165) is 6.42 Å². The lowest BCUT2D eigenvalue weighted by Gasteiger charge is -2.13. The first-order valence-corrected chi connectivity index (χ1v) is 8.31. The van der Waals surface area contributed by atoms with Crippen LogP contribution in [0.4, 0.5) is 0 Å². The van der Waals surface area contributed by atoms with Crippen molar-refractivity contribution in [2.75, 3.05) is 13.7 Å². The summed E-state index contributed by atoms with van der Waals surface area (Å²) in [4.78, 5) is 23.1. The molecule has 1 heterocycles. The monoisotopic (exact) mass is 361 g/mol. The number of carboxylic acids is 1. The molecular formula is C19H23NO6. The van der Waals surface area contributed by atoms with Gasteiger partial charge in [-0.25, -0.2) is 4.79 Å². The molecule has 26 heavy (non-hydrogen) atoms. The minimum Gasteiger partial charge on any atom is -0.493 e.